The largest absolute Gasteiger partial charge is 0.348 e. The first-order valence-corrected chi connectivity index (χ1v) is 11.0. The fourth-order valence-electron chi connectivity index (χ4n) is 3.19. The van der Waals surface area contributed by atoms with E-state index in [2.05, 4.69) is 20.8 Å². The lowest BCUT2D eigenvalue weighted by Crippen LogP contribution is -2.46. The number of aromatic amines is 1. The predicted molar refractivity (Wildman–Crippen MR) is 105 cm³/mol. The summed E-state index contributed by atoms with van der Waals surface area (Å²) in [6, 6.07) is 1.93. The van der Waals surface area contributed by atoms with Crippen LogP contribution in [0, 0.1) is 18.6 Å². The Balaban J connectivity index is 1.68. The van der Waals surface area contributed by atoms with Gasteiger partial charge in [0.05, 0.1) is 18.1 Å². The second-order valence-corrected chi connectivity index (χ2v) is 9.06. The Kier molecular flexibility index (Phi) is 6.17. The van der Waals surface area contributed by atoms with E-state index < -0.39 is 39.0 Å². The topological polar surface area (TPSA) is 124 Å². The number of nitrogens with zero attached hydrogens (tertiary/aromatic N) is 2. The number of H-pyrrole nitrogens is 1. The molecule has 2 aromatic rings. The van der Waals surface area contributed by atoms with Gasteiger partial charge in [-0.05, 0) is 31.4 Å². The normalized spacial score (nSPS) is 15.7. The highest BCUT2D eigenvalue weighted by atomic mass is 32.2. The molecule has 0 aliphatic carbocycles. The summed E-state index contributed by atoms with van der Waals surface area (Å²) in [4.78, 5) is 24.9. The maximum Gasteiger partial charge on any atom is 0.271 e. The van der Waals surface area contributed by atoms with Gasteiger partial charge in [-0.25, -0.2) is 21.5 Å². The molecule has 3 N–H and O–H groups in total. The zero-order chi connectivity index (χ0) is 22.1. The fourth-order valence-corrected chi connectivity index (χ4v) is 4.07. The molecule has 0 atom stereocenters. The molecule has 9 nitrogen and oxygen atoms in total. The van der Waals surface area contributed by atoms with E-state index in [9.17, 15) is 26.8 Å². The predicted octanol–water partition coefficient (Wildman–Crippen LogP) is 1.40. The Morgan fingerprint density at radius 2 is 1.87 bits per heavy atom. The smallest absolute Gasteiger partial charge is 0.271 e. The van der Waals surface area contributed by atoms with Crippen LogP contribution in [-0.4, -0.2) is 60.1 Å². The van der Waals surface area contributed by atoms with Gasteiger partial charge in [-0.3, -0.25) is 14.7 Å². The molecule has 0 saturated carbocycles. The molecular formula is C18H21F2N5O4S. The van der Waals surface area contributed by atoms with Crippen molar-refractivity contribution in [3.63, 3.8) is 0 Å². The summed E-state index contributed by atoms with van der Waals surface area (Å²) in [5, 5.41) is 11.2. The van der Waals surface area contributed by atoms with Gasteiger partial charge in [0.15, 0.2) is 0 Å². The van der Waals surface area contributed by atoms with Crippen molar-refractivity contribution in [2.45, 2.75) is 25.8 Å². The van der Waals surface area contributed by atoms with Gasteiger partial charge in [0.25, 0.3) is 11.8 Å². The molecule has 1 aromatic carbocycles. The maximum absolute atomic E-state index is 14.2. The van der Waals surface area contributed by atoms with Crippen LogP contribution >= 0.6 is 0 Å². The van der Waals surface area contributed by atoms with Crippen molar-refractivity contribution in [3.05, 3.63) is 46.8 Å². The number of hydrogen-bond acceptors (Lipinski definition) is 5. The molecule has 1 fully saturated rings. The third kappa shape index (κ3) is 4.65. The summed E-state index contributed by atoms with van der Waals surface area (Å²) >= 11 is 0. The summed E-state index contributed by atoms with van der Waals surface area (Å²) in [5.74, 6) is -3.64. The van der Waals surface area contributed by atoms with Gasteiger partial charge in [0.2, 0.25) is 10.0 Å². The monoisotopic (exact) mass is 441 g/mol. The van der Waals surface area contributed by atoms with E-state index in [0.29, 0.717) is 12.8 Å². The number of aromatic nitrogens is 2. The minimum absolute atomic E-state index is 0.0358. The number of benzene rings is 1. The van der Waals surface area contributed by atoms with Crippen LogP contribution in [0.3, 0.4) is 0 Å². The van der Waals surface area contributed by atoms with Crippen molar-refractivity contribution in [2.24, 2.45) is 0 Å². The van der Waals surface area contributed by atoms with Gasteiger partial charge in [0, 0.05) is 19.1 Å². The number of amides is 2. The van der Waals surface area contributed by atoms with Crippen molar-refractivity contribution < 1.29 is 26.8 Å². The molecular weight excluding hydrogens is 420 g/mol. The molecule has 0 bridgehead atoms. The van der Waals surface area contributed by atoms with Crippen LogP contribution < -0.4 is 10.6 Å². The van der Waals surface area contributed by atoms with Crippen molar-refractivity contribution in [2.75, 3.05) is 24.7 Å². The van der Waals surface area contributed by atoms with E-state index in [1.54, 1.807) is 0 Å². The third-order valence-corrected chi connectivity index (χ3v) is 6.19. The second kappa shape index (κ2) is 8.48. The van der Waals surface area contributed by atoms with E-state index in [1.165, 1.54) is 17.3 Å². The third-order valence-electron chi connectivity index (χ3n) is 4.88. The van der Waals surface area contributed by atoms with Crippen molar-refractivity contribution in [1.82, 2.24) is 19.8 Å². The maximum atomic E-state index is 14.2. The summed E-state index contributed by atoms with van der Waals surface area (Å²) in [5.41, 5.74) is -0.767. The molecule has 12 heteroatoms. The molecule has 1 saturated heterocycles. The average Bonchev–Trinajstić information content (AvgIpc) is 3.13. The van der Waals surface area contributed by atoms with Gasteiger partial charge in [-0.1, -0.05) is 6.07 Å². The Hall–Kier alpha value is -2.86. The lowest BCUT2D eigenvalue weighted by atomic mass is 10.1. The molecule has 2 heterocycles. The zero-order valence-electron chi connectivity index (χ0n) is 16.3. The number of carbonyl (C=O) groups excluding carboxylic acids is 2. The molecule has 0 unspecified atom stereocenters. The molecule has 3 rings (SSSR count). The van der Waals surface area contributed by atoms with Crippen LogP contribution in [0.4, 0.5) is 14.5 Å². The van der Waals surface area contributed by atoms with Gasteiger partial charge in [-0.15, -0.1) is 0 Å². The van der Waals surface area contributed by atoms with Crippen molar-refractivity contribution in [3.8, 4) is 0 Å². The molecule has 2 amide bonds. The molecule has 0 spiro atoms. The van der Waals surface area contributed by atoms with Gasteiger partial charge >= 0.3 is 0 Å². The second-order valence-electron chi connectivity index (χ2n) is 7.08. The Bertz CT molecular complexity index is 1080. The van der Waals surface area contributed by atoms with E-state index in [4.69, 9.17) is 0 Å². The summed E-state index contributed by atoms with van der Waals surface area (Å²) in [7, 11) is -3.28. The standard InChI is InChI=1S/C18H21F2N5O4S/c1-10-3-4-12(19)14(15(10)20)17(26)23-13-9-21-24-16(13)18(27)22-11-5-7-25(8-6-11)30(2,28)29/h3-4,9,11H,5-8H2,1-2H3,(H,21,24)(H,22,27)(H,23,26). The lowest BCUT2D eigenvalue weighted by molar-refractivity contribution is 0.0919. The molecule has 162 valence electrons. The van der Waals surface area contributed by atoms with Crippen molar-refractivity contribution in [1.29, 1.82) is 0 Å². The number of carbonyl (C=O) groups is 2. The van der Waals surface area contributed by atoms with Crippen LogP contribution in [-0.2, 0) is 10.0 Å². The van der Waals surface area contributed by atoms with Gasteiger partial charge in [-0.2, -0.15) is 5.10 Å². The number of piperidine rings is 1. The molecule has 1 aromatic heterocycles. The highest BCUT2D eigenvalue weighted by Gasteiger charge is 2.27. The number of aryl methyl sites for hydroxylation is 1. The van der Waals surface area contributed by atoms with Gasteiger partial charge in [0.1, 0.15) is 22.9 Å². The zero-order valence-corrected chi connectivity index (χ0v) is 17.1. The average molecular weight is 441 g/mol. The highest BCUT2D eigenvalue weighted by molar-refractivity contribution is 7.88. The van der Waals surface area contributed by atoms with Gasteiger partial charge < -0.3 is 10.6 Å². The van der Waals surface area contributed by atoms with Crippen LogP contribution in [0.25, 0.3) is 0 Å². The Morgan fingerprint density at radius 1 is 1.20 bits per heavy atom. The molecule has 1 aliphatic heterocycles. The molecule has 1 aliphatic rings. The number of rotatable bonds is 5. The lowest BCUT2D eigenvalue weighted by Gasteiger charge is -2.30. The number of nitrogens with one attached hydrogen (secondary N) is 3. The summed E-state index contributed by atoms with van der Waals surface area (Å²) < 4.78 is 52.6. The first-order valence-electron chi connectivity index (χ1n) is 9.13. The quantitative estimate of drug-likeness (QED) is 0.647. The fraction of sp³-hybridized carbons (Fsp3) is 0.389. The first-order chi connectivity index (χ1) is 14.1. The number of hydrogen-bond donors (Lipinski definition) is 3. The van der Waals surface area contributed by atoms with Crippen LogP contribution in [0.15, 0.2) is 18.3 Å². The first kappa shape index (κ1) is 21.8. The number of anilines is 1. The van der Waals surface area contributed by atoms with Crippen LogP contribution in [0.5, 0.6) is 0 Å². The van der Waals surface area contributed by atoms with Crippen LogP contribution in [0.1, 0.15) is 39.3 Å². The highest BCUT2D eigenvalue weighted by Crippen LogP contribution is 2.20. The minimum atomic E-state index is -3.28. The Labute approximate surface area is 171 Å². The SMILES string of the molecule is Cc1ccc(F)c(C(=O)Nc2cn[nH]c2C(=O)NC2CCN(S(C)(=O)=O)CC2)c1F. The van der Waals surface area contributed by atoms with E-state index in [1.807, 2.05) is 0 Å². The van der Waals surface area contributed by atoms with E-state index in [0.717, 1.165) is 18.5 Å². The van der Waals surface area contributed by atoms with E-state index >= 15 is 0 Å². The number of halogens is 2. The molecule has 0 radical (unpaired) electrons. The van der Waals surface area contributed by atoms with Crippen LogP contribution in [0.2, 0.25) is 0 Å². The number of sulfonamides is 1. The molecule has 30 heavy (non-hydrogen) atoms. The minimum Gasteiger partial charge on any atom is -0.348 e. The summed E-state index contributed by atoms with van der Waals surface area (Å²) in [6.45, 7) is 1.96. The van der Waals surface area contributed by atoms with E-state index in [-0.39, 0.29) is 36.1 Å². The summed E-state index contributed by atoms with van der Waals surface area (Å²) in [6.07, 6.45) is 3.14. The Morgan fingerprint density at radius 3 is 2.50 bits per heavy atom. The van der Waals surface area contributed by atoms with Crippen molar-refractivity contribution >= 4 is 27.5 Å².